The molecule has 1 aliphatic rings. The van der Waals surface area contributed by atoms with Crippen LogP contribution in [0.2, 0.25) is 4.47 Å². The van der Waals surface area contributed by atoms with Crippen molar-refractivity contribution in [1.29, 1.82) is 0 Å². The largest absolute Gasteiger partial charge is 0.480 e. The summed E-state index contributed by atoms with van der Waals surface area (Å²) >= 11 is 7.02. The van der Waals surface area contributed by atoms with Crippen molar-refractivity contribution in [3.8, 4) is 0 Å². The molecular weight excluding hydrogens is 224 g/mol. The van der Waals surface area contributed by atoms with E-state index in [1.165, 1.54) is 11.3 Å². The van der Waals surface area contributed by atoms with Gasteiger partial charge in [-0.3, -0.25) is 0 Å². The summed E-state index contributed by atoms with van der Waals surface area (Å²) in [6.45, 7) is 0.773. The zero-order chi connectivity index (χ0) is 10.1. The van der Waals surface area contributed by atoms with Gasteiger partial charge in [-0.15, -0.1) is 0 Å². The van der Waals surface area contributed by atoms with E-state index in [1.807, 2.05) is 4.90 Å². The van der Waals surface area contributed by atoms with Gasteiger partial charge in [-0.05, 0) is 12.8 Å². The zero-order valence-corrected chi connectivity index (χ0v) is 8.88. The Balaban J connectivity index is 2.21. The van der Waals surface area contributed by atoms with Crippen LogP contribution in [0.4, 0.5) is 5.00 Å². The summed E-state index contributed by atoms with van der Waals surface area (Å²) in [5.41, 5.74) is 0. The Morgan fingerprint density at radius 2 is 2.57 bits per heavy atom. The maximum atomic E-state index is 10.9. The molecule has 0 spiro atoms. The quantitative estimate of drug-likeness (QED) is 0.846. The highest BCUT2D eigenvalue weighted by atomic mass is 35.5. The molecule has 2 rings (SSSR count). The molecule has 0 saturated carbocycles. The third kappa shape index (κ3) is 1.69. The van der Waals surface area contributed by atoms with E-state index in [0.717, 1.165) is 18.0 Å². The number of thiazole rings is 1. The fourth-order valence-electron chi connectivity index (χ4n) is 1.66. The smallest absolute Gasteiger partial charge is 0.326 e. The van der Waals surface area contributed by atoms with E-state index < -0.39 is 12.0 Å². The molecule has 0 aliphatic carbocycles. The third-order valence-corrected chi connectivity index (χ3v) is 3.44. The molecule has 4 nitrogen and oxygen atoms in total. The van der Waals surface area contributed by atoms with E-state index in [1.54, 1.807) is 6.20 Å². The molecule has 1 aromatic heterocycles. The van der Waals surface area contributed by atoms with E-state index in [9.17, 15) is 4.79 Å². The minimum Gasteiger partial charge on any atom is -0.480 e. The molecule has 1 unspecified atom stereocenters. The van der Waals surface area contributed by atoms with E-state index >= 15 is 0 Å². The van der Waals surface area contributed by atoms with Gasteiger partial charge in [0.25, 0.3) is 0 Å². The fourth-order valence-corrected chi connectivity index (χ4v) is 2.67. The Hall–Kier alpha value is -0.810. The van der Waals surface area contributed by atoms with Crippen molar-refractivity contribution in [3.63, 3.8) is 0 Å². The molecule has 0 bridgehead atoms. The highest BCUT2D eigenvalue weighted by molar-refractivity contribution is 7.19. The summed E-state index contributed by atoms with van der Waals surface area (Å²) in [5.74, 6) is -0.771. The van der Waals surface area contributed by atoms with Crippen LogP contribution in [0.1, 0.15) is 12.8 Å². The van der Waals surface area contributed by atoms with Crippen LogP contribution in [0.25, 0.3) is 0 Å². The summed E-state index contributed by atoms with van der Waals surface area (Å²) < 4.78 is 0.455. The van der Waals surface area contributed by atoms with Crippen molar-refractivity contribution < 1.29 is 9.90 Å². The molecule has 14 heavy (non-hydrogen) atoms. The molecule has 1 saturated heterocycles. The lowest BCUT2D eigenvalue weighted by Crippen LogP contribution is -2.35. The van der Waals surface area contributed by atoms with Crippen LogP contribution in [0, 0.1) is 0 Å². The zero-order valence-electron chi connectivity index (χ0n) is 7.31. The van der Waals surface area contributed by atoms with Crippen LogP contribution >= 0.6 is 22.9 Å². The molecular formula is C8H9ClN2O2S. The summed E-state index contributed by atoms with van der Waals surface area (Å²) in [7, 11) is 0. The highest BCUT2D eigenvalue weighted by Crippen LogP contribution is 2.32. The van der Waals surface area contributed by atoms with Crippen molar-refractivity contribution in [2.45, 2.75) is 18.9 Å². The lowest BCUT2D eigenvalue weighted by Gasteiger charge is -2.20. The van der Waals surface area contributed by atoms with E-state index in [2.05, 4.69) is 4.98 Å². The number of rotatable bonds is 2. The summed E-state index contributed by atoms with van der Waals surface area (Å²) in [5, 5.41) is 9.81. The van der Waals surface area contributed by atoms with Gasteiger partial charge < -0.3 is 10.0 Å². The molecule has 2 heterocycles. The van der Waals surface area contributed by atoms with Crippen molar-refractivity contribution >= 4 is 33.9 Å². The lowest BCUT2D eigenvalue weighted by molar-refractivity contribution is -0.138. The Morgan fingerprint density at radius 1 is 1.79 bits per heavy atom. The van der Waals surface area contributed by atoms with Gasteiger partial charge in [0.1, 0.15) is 11.0 Å². The number of aliphatic carboxylic acids is 1. The van der Waals surface area contributed by atoms with Gasteiger partial charge in [0.15, 0.2) is 4.47 Å². The summed E-state index contributed by atoms with van der Waals surface area (Å²) in [6, 6.07) is -0.411. The number of aromatic nitrogens is 1. The molecule has 0 radical (unpaired) electrons. The van der Waals surface area contributed by atoms with Crippen LogP contribution < -0.4 is 4.90 Å². The third-order valence-electron chi connectivity index (χ3n) is 2.29. The first-order valence-corrected chi connectivity index (χ1v) is 5.48. The Labute approximate surface area is 90.1 Å². The number of carboxylic acids is 1. The fraction of sp³-hybridized carbons (Fsp3) is 0.500. The van der Waals surface area contributed by atoms with Gasteiger partial charge in [0.05, 0.1) is 6.20 Å². The van der Waals surface area contributed by atoms with Crippen LogP contribution in [0.15, 0.2) is 6.20 Å². The Morgan fingerprint density at radius 3 is 3.14 bits per heavy atom. The first-order chi connectivity index (χ1) is 6.68. The second-order valence-corrected chi connectivity index (χ2v) is 4.73. The predicted octanol–water partition coefficient (Wildman–Crippen LogP) is 1.85. The number of carbonyl (C=O) groups is 1. The standard InChI is InChI=1S/C8H9ClN2O2S/c9-8-10-4-6(14-8)11-3-1-2-5(11)7(12)13/h4-5H,1-3H2,(H,12,13). The average Bonchev–Trinajstić information content (AvgIpc) is 2.70. The molecule has 1 aromatic rings. The molecule has 6 heteroatoms. The van der Waals surface area contributed by atoms with Crippen LogP contribution in [0.5, 0.6) is 0 Å². The molecule has 0 aromatic carbocycles. The van der Waals surface area contributed by atoms with Crippen molar-refractivity contribution in [1.82, 2.24) is 4.98 Å². The predicted molar refractivity (Wildman–Crippen MR) is 55.1 cm³/mol. The van der Waals surface area contributed by atoms with E-state index in [0.29, 0.717) is 10.9 Å². The first kappa shape index (κ1) is 9.73. The van der Waals surface area contributed by atoms with Crippen LogP contribution in [0.3, 0.4) is 0 Å². The van der Waals surface area contributed by atoms with Crippen molar-refractivity contribution in [2.75, 3.05) is 11.4 Å². The summed E-state index contributed by atoms with van der Waals surface area (Å²) in [6.07, 6.45) is 3.24. The molecule has 76 valence electrons. The van der Waals surface area contributed by atoms with Crippen LogP contribution in [-0.4, -0.2) is 28.6 Å². The first-order valence-electron chi connectivity index (χ1n) is 4.29. The number of nitrogens with zero attached hydrogens (tertiary/aromatic N) is 2. The minimum atomic E-state index is -0.771. The molecule has 1 fully saturated rings. The number of hydrogen-bond donors (Lipinski definition) is 1. The van der Waals surface area contributed by atoms with Gasteiger partial charge in [-0.2, -0.15) is 0 Å². The molecule has 0 amide bonds. The highest BCUT2D eigenvalue weighted by Gasteiger charge is 2.31. The second kappa shape index (κ2) is 3.74. The number of halogens is 1. The number of anilines is 1. The van der Waals surface area contributed by atoms with Gasteiger partial charge >= 0.3 is 5.97 Å². The lowest BCUT2D eigenvalue weighted by atomic mass is 10.2. The topological polar surface area (TPSA) is 53.4 Å². The van der Waals surface area contributed by atoms with E-state index in [4.69, 9.17) is 16.7 Å². The van der Waals surface area contributed by atoms with Crippen molar-refractivity contribution in [2.24, 2.45) is 0 Å². The molecule has 1 N–H and O–H groups in total. The number of carboxylic acid groups (broad SMARTS) is 1. The Bertz CT molecular complexity index is 355. The second-order valence-electron chi connectivity index (χ2n) is 3.14. The maximum absolute atomic E-state index is 10.9. The molecule has 1 atom stereocenters. The monoisotopic (exact) mass is 232 g/mol. The van der Waals surface area contributed by atoms with Gasteiger partial charge in [-0.1, -0.05) is 22.9 Å². The number of hydrogen-bond acceptors (Lipinski definition) is 4. The van der Waals surface area contributed by atoms with Gasteiger partial charge in [0, 0.05) is 6.54 Å². The summed E-state index contributed by atoms with van der Waals surface area (Å²) in [4.78, 5) is 16.7. The SMILES string of the molecule is O=C(O)C1CCCN1c1cnc(Cl)s1. The van der Waals surface area contributed by atoms with E-state index in [-0.39, 0.29) is 0 Å². The average molecular weight is 233 g/mol. The maximum Gasteiger partial charge on any atom is 0.326 e. The molecule has 1 aliphatic heterocycles. The normalized spacial score (nSPS) is 21.5. The van der Waals surface area contributed by atoms with Crippen molar-refractivity contribution in [3.05, 3.63) is 10.7 Å². The Kier molecular flexibility index (Phi) is 2.60. The van der Waals surface area contributed by atoms with Crippen LogP contribution in [-0.2, 0) is 4.79 Å². The van der Waals surface area contributed by atoms with Gasteiger partial charge in [-0.25, -0.2) is 9.78 Å². The minimum absolute atomic E-state index is 0.411. The van der Waals surface area contributed by atoms with Gasteiger partial charge in [0.2, 0.25) is 0 Å².